The number of nitrogens with zero attached hydrogens (tertiary/aromatic N) is 1. The van der Waals surface area contributed by atoms with Gasteiger partial charge < -0.3 is 10.2 Å². The minimum atomic E-state index is -0.0166. The van der Waals surface area contributed by atoms with Gasteiger partial charge in [-0.05, 0) is 44.2 Å². The number of benzene rings is 1. The minimum absolute atomic E-state index is 0.0166. The molecule has 1 amide bonds. The van der Waals surface area contributed by atoms with Gasteiger partial charge in [0, 0.05) is 24.8 Å². The van der Waals surface area contributed by atoms with Crippen LogP contribution in [-0.2, 0) is 4.79 Å². The Labute approximate surface area is 128 Å². The molecule has 3 unspecified atom stereocenters. The molecule has 1 heterocycles. The second-order valence-electron chi connectivity index (χ2n) is 6.85. The molecule has 0 spiro atoms. The number of fused-ring (bicyclic) bond motifs is 1. The fraction of sp³-hybridized carbons (Fsp3) is 0.611. The molecule has 3 atom stereocenters. The number of rotatable bonds is 4. The Balaban J connectivity index is 2.19. The molecule has 116 valence electrons. The van der Waals surface area contributed by atoms with E-state index in [1.807, 2.05) is 24.1 Å². The highest BCUT2D eigenvalue weighted by Crippen LogP contribution is 2.35. The normalized spacial score (nSPS) is 22.4. The lowest BCUT2D eigenvalue weighted by atomic mass is 9.86. The fourth-order valence-corrected chi connectivity index (χ4v) is 3.27. The van der Waals surface area contributed by atoms with E-state index in [-0.39, 0.29) is 17.9 Å². The van der Waals surface area contributed by atoms with Crippen molar-refractivity contribution in [3.63, 3.8) is 0 Å². The van der Waals surface area contributed by atoms with Gasteiger partial charge in [0.25, 0.3) is 0 Å². The van der Waals surface area contributed by atoms with Gasteiger partial charge in [-0.25, -0.2) is 0 Å². The Bertz CT molecular complexity index is 498. The standard InChI is InChI=1S/C18H28N2O/c1-12(2)10-14(4)20(5)18(21)16-11-13(3)19-17-9-7-6-8-15(16)17/h6-9,12-14,16,19H,10-11H2,1-5H3. The summed E-state index contributed by atoms with van der Waals surface area (Å²) in [4.78, 5) is 14.9. The van der Waals surface area contributed by atoms with Gasteiger partial charge in [-0.3, -0.25) is 4.79 Å². The van der Waals surface area contributed by atoms with Crippen molar-refractivity contribution in [2.24, 2.45) is 5.92 Å². The van der Waals surface area contributed by atoms with E-state index in [0.717, 1.165) is 24.1 Å². The zero-order valence-electron chi connectivity index (χ0n) is 13.9. The van der Waals surface area contributed by atoms with Gasteiger partial charge >= 0.3 is 0 Å². The summed E-state index contributed by atoms with van der Waals surface area (Å²) in [6.07, 6.45) is 1.92. The Morgan fingerprint density at radius 3 is 2.67 bits per heavy atom. The van der Waals surface area contributed by atoms with Crippen LogP contribution in [0.2, 0.25) is 0 Å². The van der Waals surface area contributed by atoms with Crippen molar-refractivity contribution in [2.45, 2.75) is 58.5 Å². The van der Waals surface area contributed by atoms with Crippen molar-refractivity contribution in [1.29, 1.82) is 0 Å². The predicted molar refractivity (Wildman–Crippen MR) is 88.6 cm³/mol. The largest absolute Gasteiger partial charge is 0.382 e. The number of likely N-dealkylation sites (N-methyl/N-ethyl adjacent to an activating group) is 1. The second-order valence-corrected chi connectivity index (χ2v) is 6.85. The van der Waals surface area contributed by atoms with Gasteiger partial charge in [0.2, 0.25) is 5.91 Å². The van der Waals surface area contributed by atoms with Crippen molar-refractivity contribution >= 4 is 11.6 Å². The number of nitrogens with one attached hydrogen (secondary N) is 1. The Hall–Kier alpha value is -1.51. The van der Waals surface area contributed by atoms with E-state index < -0.39 is 0 Å². The van der Waals surface area contributed by atoms with Gasteiger partial charge in [-0.1, -0.05) is 32.0 Å². The van der Waals surface area contributed by atoms with Gasteiger partial charge in [-0.2, -0.15) is 0 Å². The van der Waals surface area contributed by atoms with E-state index in [1.54, 1.807) is 0 Å². The lowest BCUT2D eigenvalue weighted by Crippen LogP contribution is -2.41. The summed E-state index contributed by atoms with van der Waals surface area (Å²) in [5, 5.41) is 3.47. The lowest BCUT2D eigenvalue weighted by molar-refractivity contribution is -0.133. The molecule has 1 aromatic rings. The van der Waals surface area contributed by atoms with Gasteiger partial charge in [0.1, 0.15) is 0 Å². The number of hydrogen-bond donors (Lipinski definition) is 1. The second kappa shape index (κ2) is 6.50. The molecule has 0 aliphatic carbocycles. The fourth-order valence-electron chi connectivity index (χ4n) is 3.27. The molecular formula is C18H28N2O. The van der Waals surface area contributed by atoms with Crippen LogP contribution in [0.4, 0.5) is 5.69 Å². The third-order valence-corrected chi connectivity index (χ3v) is 4.45. The maximum Gasteiger partial charge on any atom is 0.230 e. The third kappa shape index (κ3) is 3.58. The first kappa shape index (κ1) is 15.9. The third-order valence-electron chi connectivity index (χ3n) is 4.45. The van der Waals surface area contributed by atoms with Gasteiger partial charge in [0.05, 0.1) is 5.92 Å². The summed E-state index contributed by atoms with van der Waals surface area (Å²) in [6.45, 7) is 8.70. The Morgan fingerprint density at radius 2 is 2.00 bits per heavy atom. The van der Waals surface area contributed by atoms with E-state index >= 15 is 0 Å². The van der Waals surface area contributed by atoms with Crippen molar-refractivity contribution in [3.8, 4) is 0 Å². The molecular weight excluding hydrogens is 260 g/mol. The average molecular weight is 288 g/mol. The average Bonchev–Trinajstić information content (AvgIpc) is 2.44. The van der Waals surface area contributed by atoms with Crippen molar-refractivity contribution in [2.75, 3.05) is 12.4 Å². The first-order chi connectivity index (χ1) is 9.90. The van der Waals surface area contributed by atoms with Crippen LogP contribution in [0, 0.1) is 5.92 Å². The minimum Gasteiger partial charge on any atom is -0.382 e. The SMILES string of the molecule is CC(C)CC(C)N(C)C(=O)C1CC(C)Nc2ccccc21. The van der Waals surface area contributed by atoms with Crippen LogP contribution in [0.15, 0.2) is 24.3 Å². The summed E-state index contributed by atoms with van der Waals surface area (Å²) in [6, 6.07) is 8.82. The lowest BCUT2D eigenvalue weighted by Gasteiger charge is -2.35. The van der Waals surface area contributed by atoms with E-state index in [2.05, 4.69) is 45.1 Å². The van der Waals surface area contributed by atoms with Crippen LogP contribution in [0.25, 0.3) is 0 Å². The van der Waals surface area contributed by atoms with Crippen LogP contribution in [0.5, 0.6) is 0 Å². The number of para-hydroxylation sites is 1. The molecule has 1 aromatic carbocycles. The summed E-state index contributed by atoms with van der Waals surface area (Å²) in [5.41, 5.74) is 2.25. The summed E-state index contributed by atoms with van der Waals surface area (Å²) < 4.78 is 0. The topological polar surface area (TPSA) is 32.3 Å². The molecule has 0 saturated carbocycles. The van der Waals surface area contributed by atoms with Crippen LogP contribution in [0.1, 0.15) is 52.0 Å². The van der Waals surface area contributed by atoms with E-state index in [4.69, 9.17) is 0 Å². The smallest absolute Gasteiger partial charge is 0.230 e. The monoisotopic (exact) mass is 288 g/mol. The number of carbonyl (C=O) groups is 1. The molecule has 3 heteroatoms. The molecule has 0 saturated heterocycles. The van der Waals surface area contributed by atoms with E-state index in [0.29, 0.717) is 12.0 Å². The first-order valence-electron chi connectivity index (χ1n) is 8.02. The Morgan fingerprint density at radius 1 is 1.33 bits per heavy atom. The molecule has 1 N–H and O–H groups in total. The van der Waals surface area contributed by atoms with E-state index in [9.17, 15) is 4.79 Å². The number of anilines is 1. The van der Waals surface area contributed by atoms with Crippen LogP contribution in [0.3, 0.4) is 0 Å². The highest BCUT2D eigenvalue weighted by atomic mass is 16.2. The molecule has 21 heavy (non-hydrogen) atoms. The van der Waals surface area contributed by atoms with Crippen LogP contribution >= 0.6 is 0 Å². The van der Waals surface area contributed by atoms with Crippen molar-refractivity contribution < 1.29 is 4.79 Å². The molecule has 0 aromatic heterocycles. The molecule has 0 fully saturated rings. The van der Waals surface area contributed by atoms with Crippen molar-refractivity contribution in [3.05, 3.63) is 29.8 Å². The maximum absolute atomic E-state index is 12.9. The summed E-state index contributed by atoms with van der Waals surface area (Å²) in [5.74, 6) is 0.843. The Kier molecular flexibility index (Phi) is 4.92. The predicted octanol–water partition coefficient (Wildman–Crippen LogP) is 3.87. The summed E-state index contributed by atoms with van der Waals surface area (Å²) in [7, 11) is 1.95. The highest BCUT2D eigenvalue weighted by molar-refractivity contribution is 5.86. The molecule has 2 rings (SSSR count). The number of hydrogen-bond acceptors (Lipinski definition) is 2. The van der Waals surface area contributed by atoms with Crippen molar-refractivity contribution in [1.82, 2.24) is 4.90 Å². The van der Waals surface area contributed by atoms with Gasteiger partial charge in [0.15, 0.2) is 0 Å². The quantitative estimate of drug-likeness (QED) is 0.912. The maximum atomic E-state index is 12.9. The summed E-state index contributed by atoms with van der Waals surface area (Å²) >= 11 is 0. The van der Waals surface area contributed by atoms with Crippen LogP contribution < -0.4 is 5.32 Å². The zero-order valence-corrected chi connectivity index (χ0v) is 13.9. The van der Waals surface area contributed by atoms with Gasteiger partial charge in [-0.15, -0.1) is 0 Å². The number of amides is 1. The first-order valence-corrected chi connectivity index (χ1v) is 8.02. The molecule has 3 nitrogen and oxygen atoms in total. The zero-order chi connectivity index (χ0) is 15.6. The molecule has 0 radical (unpaired) electrons. The molecule has 0 bridgehead atoms. The number of carbonyl (C=O) groups excluding carboxylic acids is 1. The van der Waals surface area contributed by atoms with E-state index in [1.165, 1.54) is 0 Å². The molecule has 1 aliphatic rings. The highest BCUT2D eigenvalue weighted by Gasteiger charge is 2.32. The van der Waals surface area contributed by atoms with Crippen LogP contribution in [-0.4, -0.2) is 29.9 Å². The molecule has 1 aliphatic heterocycles.